The Morgan fingerprint density at radius 1 is 0.878 bits per heavy atom. The standard InChI is InChI=1S/C31H25BrCl2N2O5/c1-2-15-39-26-12-6-21(7-13-26)31(38)41-29-14-8-24(32)16-23(29)18-35-36-30(37)20-4-10-27(11-5-20)40-19-22-3-9-25(33)17-28(22)34/h3-14,16-18H,2,15,19H2,1H3,(H,36,37)/b35-18-. The maximum Gasteiger partial charge on any atom is 0.343 e. The van der Waals surface area contributed by atoms with Gasteiger partial charge in [0.25, 0.3) is 5.91 Å². The van der Waals surface area contributed by atoms with E-state index < -0.39 is 11.9 Å². The second-order valence-corrected chi connectivity index (χ2v) is 10.5. The Morgan fingerprint density at radius 2 is 1.56 bits per heavy atom. The average molecular weight is 656 g/mol. The van der Waals surface area contributed by atoms with Crippen molar-refractivity contribution < 1.29 is 23.8 Å². The third-order valence-electron chi connectivity index (χ3n) is 5.63. The number of benzene rings is 4. The fourth-order valence-corrected chi connectivity index (χ4v) is 4.35. The Balaban J connectivity index is 1.35. The van der Waals surface area contributed by atoms with Gasteiger partial charge in [-0.25, -0.2) is 10.2 Å². The molecule has 0 aromatic heterocycles. The third-order valence-corrected chi connectivity index (χ3v) is 6.71. The van der Waals surface area contributed by atoms with E-state index >= 15 is 0 Å². The van der Waals surface area contributed by atoms with Crippen LogP contribution in [0.2, 0.25) is 10.0 Å². The molecule has 0 bridgehead atoms. The van der Waals surface area contributed by atoms with Crippen molar-refractivity contribution in [3.8, 4) is 17.2 Å². The molecule has 4 rings (SSSR count). The van der Waals surface area contributed by atoms with E-state index in [1.165, 1.54) is 6.21 Å². The highest BCUT2D eigenvalue weighted by molar-refractivity contribution is 9.10. The van der Waals surface area contributed by atoms with Crippen molar-refractivity contribution in [1.29, 1.82) is 0 Å². The summed E-state index contributed by atoms with van der Waals surface area (Å²) in [6.45, 7) is 2.87. The Labute approximate surface area is 256 Å². The second-order valence-electron chi connectivity index (χ2n) is 8.69. The normalized spacial score (nSPS) is 10.8. The van der Waals surface area contributed by atoms with E-state index in [0.29, 0.717) is 44.8 Å². The monoisotopic (exact) mass is 654 g/mol. The van der Waals surface area contributed by atoms with E-state index in [9.17, 15) is 9.59 Å². The second kappa shape index (κ2) is 14.7. The molecular formula is C31H25BrCl2N2O5. The van der Waals surface area contributed by atoms with Crippen LogP contribution in [0.4, 0.5) is 0 Å². The van der Waals surface area contributed by atoms with Gasteiger partial charge >= 0.3 is 5.97 Å². The number of ether oxygens (including phenoxy) is 3. The number of carbonyl (C=O) groups is 2. The summed E-state index contributed by atoms with van der Waals surface area (Å²) in [4.78, 5) is 25.3. The molecule has 0 saturated heterocycles. The number of halogens is 3. The number of amides is 1. The van der Waals surface area contributed by atoms with Gasteiger partial charge < -0.3 is 14.2 Å². The van der Waals surface area contributed by atoms with Crippen molar-refractivity contribution in [3.05, 3.63) is 122 Å². The predicted octanol–water partition coefficient (Wildman–Crippen LogP) is 8.11. The predicted molar refractivity (Wildman–Crippen MR) is 164 cm³/mol. The first-order chi connectivity index (χ1) is 19.8. The number of esters is 1. The molecule has 4 aromatic rings. The summed E-state index contributed by atoms with van der Waals surface area (Å²) >= 11 is 15.5. The van der Waals surface area contributed by atoms with Gasteiger partial charge in [-0.05, 0) is 85.3 Å². The molecule has 0 aliphatic rings. The Kier molecular flexibility index (Phi) is 10.8. The minimum absolute atomic E-state index is 0.254. The van der Waals surface area contributed by atoms with Gasteiger partial charge in [0.2, 0.25) is 0 Å². The SMILES string of the molecule is CCCOc1ccc(C(=O)Oc2ccc(Br)cc2/C=N\NC(=O)c2ccc(OCc3ccc(Cl)cc3Cl)cc2)cc1. The summed E-state index contributed by atoms with van der Waals surface area (Å²) in [7, 11) is 0. The molecule has 0 unspecified atom stereocenters. The van der Waals surface area contributed by atoms with E-state index in [-0.39, 0.29) is 12.4 Å². The highest BCUT2D eigenvalue weighted by atomic mass is 79.9. The van der Waals surface area contributed by atoms with Gasteiger partial charge in [-0.3, -0.25) is 4.79 Å². The van der Waals surface area contributed by atoms with Crippen molar-refractivity contribution in [3.63, 3.8) is 0 Å². The molecule has 0 spiro atoms. The average Bonchev–Trinajstić information content (AvgIpc) is 2.97. The molecule has 0 atom stereocenters. The molecule has 41 heavy (non-hydrogen) atoms. The van der Waals surface area contributed by atoms with Gasteiger partial charge in [-0.2, -0.15) is 5.10 Å². The summed E-state index contributed by atoms with van der Waals surface area (Å²) < 4.78 is 17.7. The highest BCUT2D eigenvalue weighted by Crippen LogP contribution is 2.24. The van der Waals surface area contributed by atoms with Crippen LogP contribution >= 0.6 is 39.1 Å². The van der Waals surface area contributed by atoms with Gasteiger partial charge in [-0.15, -0.1) is 0 Å². The quantitative estimate of drug-likeness (QED) is 0.0764. The molecule has 210 valence electrons. The maximum atomic E-state index is 12.7. The number of nitrogens with zero attached hydrogens (tertiary/aromatic N) is 1. The molecule has 7 nitrogen and oxygen atoms in total. The smallest absolute Gasteiger partial charge is 0.343 e. The van der Waals surface area contributed by atoms with Crippen LogP contribution in [0.1, 0.15) is 45.2 Å². The Bertz CT molecular complexity index is 1540. The zero-order valence-electron chi connectivity index (χ0n) is 21.9. The van der Waals surface area contributed by atoms with Gasteiger partial charge in [0.1, 0.15) is 23.9 Å². The minimum atomic E-state index is -0.534. The number of carbonyl (C=O) groups excluding carboxylic acids is 2. The lowest BCUT2D eigenvalue weighted by Crippen LogP contribution is -2.17. The van der Waals surface area contributed by atoms with Crippen molar-refractivity contribution in [2.24, 2.45) is 5.10 Å². The molecule has 4 aromatic carbocycles. The van der Waals surface area contributed by atoms with Crippen LogP contribution in [-0.2, 0) is 6.61 Å². The molecule has 0 fully saturated rings. The number of hydrogen-bond donors (Lipinski definition) is 1. The molecule has 10 heteroatoms. The van der Waals surface area contributed by atoms with Crippen LogP contribution in [0.5, 0.6) is 17.2 Å². The van der Waals surface area contributed by atoms with E-state index in [0.717, 1.165) is 16.5 Å². The van der Waals surface area contributed by atoms with Crippen LogP contribution < -0.4 is 19.6 Å². The number of rotatable bonds is 11. The van der Waals surface area contributed by atoms with Crippen LogP contribution in [-0.4, -0.2) is 24.7 Å². The summed E-state index contributed by atoms with van der Waals surface area (Å²) in [6, 6.07) is 23.6. The summed E-state index contributed by atoms with van der Waals surface area (Å²) in [5.74, 6) is 0.575. The van der Waals surface area contributed by atoms with Gasteiger partial charge in [0.15, 0.2) is 0 Å². The molecular weight excluding hydrogens is 631 g/mol. The molecule has 0 saturated carbocycles. The topological polar surface area (TPSA) is 86.2 Å². The fraction of sp³-hybridized carbons (Fsp3) is 0.129. The third kappa shape index (κ3) is 8.82. The summed E-state index contributed by atoms with van der Waals surface area (Å²) in [6.07, 6.45) is 2.29. The zero-order chi connectivity index (χ0) is 29.2. The first-order valence-corrected chi connectivity index (χ1v) is 14.1. The van der Waals surface area contributed by atoms with E-state index in [1.807, 2.05) is 6.92 Å². The van der Waals surface area contributed by atoms with Gasteiger partial charge in [0.05, 0.1) is 18.4 Å². The molecule has 0 radical (unpaired) electrons. The largest absolute Gasteiger partial charge is 0.494 e. The van der Waals surface area contributed by atoms with Crippen molar-refractivity contribution in [2.45, 2.75) is 20.0 Å². The van der Waals surface area contributed by atoms with E-state index in [4.69, 9.17) is 37.4 Å². The van der Waals surface area contributed by atoms with Crippen LogP contribution in [0.25, 0.3) is 0 Å². The first kappa shape index (κ1) is 30.1. The number of hydrogen-bond acceptors (Lipinski definition) is 6. The van der Waals surface area contributed by atoms with Crippen molar-refractivity contribution in [1.82, 2.24) is 5.43 Å². The molecule has 0 heterocycles. The maximum absolute atomic E-state index is 12.7. The van der Waals surface area contributed by atoms with Crippen molar-refractivity contribution >= 4 is 57.2 Å². The minimum Gasteiger partial charge on any atom is -0.494 e. The number of nitrogens with one attached hydrogen (secondary N) is 1. The lowest BCUT2D eigenvalue weighted by Gasteiger charge is -2.09. The molecule has 1 N–H and O–H groups in total. The number of hydrazone groups is 1. The first-order valence-electron chi connectivity index (χ1n) is 12.6. The Morgan fingerprint density at radius 3 is 2.24 bits per heavy atom. The van der Waals surface area contributed by atoms with E-state index in [2.05, 4.69) is 26.5 Å². The summed E-state index contributed by atoms with van der Waals surface area (Å²) in [5.41, 5.74) is 4.51. The molecule has 0 aliphatic heterocycles. The lowest BCUT2D eigenvalue weighted by molar-refractivity contribution is 0.0734. The van der Waals surface area contributed by atoms with Gasteiger partial charge in [0, 0.05) is 31.2 Å². The molecule has 0 aliphatic carbocycles. The van der Waals surface area contributed by atoms with Crippen molar-refractivity contribution in [2.75, 3.05) is 6.61 Å². The van der Waals surface area contributed by atoms with Gasteiger partial charge in [-0.1, -0.05) is 52.1 Å². The summed E-state index contributed by atoms with van der Waals surface area (Å²) in [5, 5.41) is 5.11. The molecule has 1 amide bonds. The Hall–Kier alpha value is -3.85. The van der Waals surface area contributed by atoms with Crippen LogP contribution in [0.15, 0.2) is 94.5 Å². The van der Waals surface area contributed by atoms with Crippen LogP contribution in [0.3, 0.4) is 0 Å². The zero-order valence-corrected chi connectivity index (χ0v) is 25.0. The van der Waals surface area contributed by atoms with Crippen LogP contribution in [0, 0.1) is 0 Å². The van der Waals surface area contributed by atoms with E-state index in [1.54, 1.807) is 84.9 Å². The lowest BCUT2D eigenvalue weighted by atomic mass is 10.2. The highest BCUT2D eigenvalue weighted by Gasteiger charge is 2.13. The fourth-order valence-electron chi connectivity index (χ4n) is 3.51.